The van der Waals surface area contributed by atoms with Crippen molar-refractivity contribution in [1.82, 2.24) is 15.2 Å². The van der Waals surface area contributed by atoms with Gasteiger partial charge < -0.3 is 15.2 Å². The van der Waals surface area contributed by atoms with Crippen molar-refractivity contribution in [2.24, 2.45) is 17.3 Å². The summed E-state index contributed by atoms with van der Waals surface area (Å²) in [6, 6.07) is 0.609. The van der Waals surface area contributed by atoms with E-state index in [1.54, 1.807) is 13.0 Å². The summed E-state index contributed by atoms with van der Waals surface area (Å²) in [4.78, 5) is 30.8. The summed E-state index contributed by atoms with van der Waals surface area (Å²) < 4.78 is 14.4. The minimum atomic E-state index is -0.516. The molecule has 2 aliphatic carbocycles. The average molecular weight is 532 g/mol. The first-order valence-corrected chi connectivity index (χ1v) is 13.9. The number of H-pyrrole nitrogens is 1. The van der Waals surface area contributed by atoms with Crippen LogP contribution in [0.5, 0.6) is 0 Å². The number of nitrogens with one attached hydrogen (secondary N) is 2. The molecule has 0 bridgehead atoms. The molecule has 1 aromatic rings. The van der Waals surface area contributed by atoms with Gasteiger partial charge in [0.2, 0.25) is 5.91 Å². The van der Waals surface area contributed by atoms with Gasteiger partial charge in [-0.3, -0.25) is 9.59 Å². The summed E-state index contributed by atoms with van der Waals surface area (Å²) in [6.45, 7) is 9.42. The predicted molar refractivity (Wildman–Crippen MR) is 150 cm³/mol. The normalized spacial score (nSPS) is 24.1. The van der Waals surface area contributed by atoms with Crippen LogP contribution >= 0.6 is 11.6 Å². The van der Waals surface area contributed by atoms with Gasteiger partial charge in [-0.05, 0) is 88.8 Å². The molecule has 1 saturated carbocycles. The van der Waals surface area contributed by atoms with Crippen LogP contribution in [-0.2, 0) is 11.3 Å². The van der Waals surface area contributed by atoms with E-state index in [0.717, 1.165) is 44.1 Å². The van der Waals surface area contributed by atoms with Crippen molar-refractivity contribution in [1.29, 1.82) is 0 Å². The lowest BCUT2D eigenvalue weighted by Crippen LogP contribution is -2.42. The third kappa shape index (κ3) is 6.46. The summed E-state index contributed by atoms with van der Waals surface area (Å²) in [7, 11) is 4.30. The quantitative estimate of drug-likeness (QED) is 0.414. The molecule has 3 rings (SSSR count). The topological polar surface area (TPSA) is 65.2 Å². The smallest absolute Gasteiger partial charge is 0.253 e. The number of hydrogen-bond donors (Lipinski definition) is 2. The molecular weight excluding hydrogens is 489 g/mol. The standard InChI is InChI=1S/C30H43ClFN3O2/c1-8-9-10-23(20-11-13-22(14-12-20)35(6)7)25-15-21(31)16-26(30(25,4)5)29(37)33-17-24-18(2)27(32)19(3)34-28(24)36/h10,15-16,20,22,26H,8-9,11-14,17H2,1-7H3,(H,33,37)(H,34,36)/b23-10-. The van der Waals surface area contributed by atoms with Crippen molar-refractivity contribution in [3.05, 3.63) is 67.4 Å². The highest BCUT2D eigenvalue weighted by molar-refractivity contribution is 6.31. The Balaban J connectivity index is 1.86. The number of nitrogens with zero attached hydrogens (tertiary/aromatic N) is 1. The fraction of sp³-hybridized carbons (Fsp3) is 0.600. The van der Waals surface area contributed by atoms with Crippen LogP contribution in [0.2, 0.25) is 0 Å². The van der Waals surface area contributed by atoms with Crippen LogP contribution < -0.4 is 10.9 Å². The zero-order chi connectivity index (χ0) is 27.5. The Kier molecular flexibility index (Phi) is 9.62. The van der Waals surface area contributed by atoms with E-state index < -0.39 is 17.2 Å². The molecule has 0 saturated heterocycles. The van der Waals surface area contributed by atoms with Crippen LogP contribution in [0.25, 0.3) is 0 Å². The Morgan fingerprint density at radius 1 is 1.24 bits per heavy atom. The zero-order valence-electron chi connectivity index (χ0n) is 23.4. The molecule has 0 aliphatic heterocycles. The van der Waals surface area contributed by atoms with Crippen molar-refractivity contribution < 1.29 is 9.18 Å². The highest BCUT2D eigenvalue weighted by Gasteiger charge is 2.42. The number of aryl methyl sites for hydroxylation is 1. The number of halogens is 2. The van der Waals surface area contributed by atoms with E-state index in [-0.39, 0.29) is 34.8 Å². The van der Waals surface area contributed by atoms with Gasteiger partial charge >= 0.3 is 0 Å². The fourth-order valence-electron chi connectivity index (χ4n) is 5.85. The van der Waals surface area contributed by atoms with Crippen molar-refractivity contribution >= 4 is 17.5 Å². The number of pyridine rings is 1. The van der Waals surface area contributed by atoms with Crippen LogP contribution in [-0.4, -0.2) is 35.9 Å². The number of carbonyl (C=O) groups is 1. The van der Waals surface area contributed by atoms with Crippen molar-refractivity contribution in [2.75, 3.05) is 14.1 Å². The summed E-state index contributed by atoms with van der Waals surface area (Å²) >= 11 is 6.63. The lowest BCUT2D eigenvalue weighted by Gasteiger charge is -2.42. The summed E-state index contributed by atoms with van der Waals surface area (Å²) in [6.07, 6.45) is 12.8. The molecule has 2 aliphatic rings. The zero-order valence-corrected chi connectivity index (χ0v) is 24.2. The van der Waals surface area contributed by atoms with Gasteiger partial charge in [0.05, 0.1) is 11.6 Å². The molecule has 0 radical (unpaired) electrons. The third-order valence-corrected chi connectivity index (χ3v) is 8.55. The number of allylic oxidation sites excluding steroid dienone is 5. The minimum Gasteiger partial charge on any atom is -0.351 e. The maximum absolute atomic E-state index is 14.4. The maximum Gasteiger partial charge on any atom is 0.253 e. The first-order chi connectivity index (χ1) is 17.4. The Morgan fingerprint density at radius 2 is 1.89 bits per heavy atom. The SMILES string of the molecule is CCC/C=C(\C1=CC(Cl)=CC(C(=O)NCc2c(C)c(F)c(C)[nH]c2=O)C1(C)C)C1CCC(N(C)C)CC1. The molecular formula is C30H43ClFN3O2. The molecule has 1 atom stereocenters. The van der Waals surface area contributed by atoms with E-state index in [0.29, 0.717) is 17.0 Å². The molecule has 1 aromatic heterocycles. The van der Waals surface area contributed by atoms with E-state index in [1.807, 2.05) is 6.08 Å². The second-order valence-electron chi connectivity index (χ2n) is 11.4. The van der Waals surface area contributed by atoms with Gasteiger partial charge in [-0.2, -0.15) is 0 Å². The van der Waals surface area contributed by atoms with Crippen molar-refractivity contribution in [3.63, 3.8) is 0 Å². The van der Waals surface area contributed by atoms with E-state index >= 15 is 0 Å². The number of aromatic nitrogens is 1. The monoisotopic (exact) mass is 531 g/mol. The fourth-order valence-corrected chi connectivity index (χ4v) is 6.08. The molecule has 0 spiro atoms. The Labute approximate surface area is 226 Å². The average Bonchev–Trinajstić information content (AvgIpc) is 2.84. The van der Waals surface area contributed by atoms with Crippen LogP contribution in [0.3, 0.4) is 0 Å². The second-order valence-corrected chi connectivity index (χ2v) is 11.9. The highest BCUT2D eigenvalue weighted by Crippen LogP contribution is 2.48. The van der Waals surface area contributed by atoms with Gasteiger partial charge in [-0.1, -0.05) is 50.9 Å². The van der Waals surface area contributed by atoms with Gasteiger partial charge in [-0.25, -0.2) is 4.39 Å². The van der Waals surface area contributed by atoms with Gasteiger partial charge in [0.15, 0.2) is 0 Å². The van der Waals surface area contributed by atoms with Crippen LogP contribution in [0.1, 0.15) is 76.1 Å². The molecule has 37 heavy (non-hydrogen) atoms. The molecule has 1 heterocycles. The number of aromatic amines is 1. The molecule has 2 N–H and O–H groups in total. The molecule has 0 aromatic carbocycles. The van der Waals surface area contributed by atoms with Gasteiger partial charge in [-0.15, -0.1) is 0 Å². The lowest BCUT2D eigenvalue weighted by atomic mass is 9.64. The number of amides is 1. The highest BCUT2D eigenvalue weighted by atomic mass is 35.5. The van der Waals surface area contributed by atoms with E-state index in [1.165, 1.54) is 12.5 Å². The Morgan fingerprint density at radius 3 is 2.49 bits per heavy atom. The molecule has 7 heteroatoms. The Hall–Kier alpha value is -2.18. The maximum atomic E-state index is 14.4. The molecule has 1 unspecified atom stereocenters. The number of carbonyl (C=O) groups excluding carboxylic acids is 1. The first kappa shape index (κ1) is 29.4. The molecule has 1 amide bonds. The molecule has 204 valence electrons. The second kappa shape index (κ2) is 12.1. The van der Waals surface area contributed by atoms with Crippen molar-refractivity contribution in [3.8, 4) is 0 Å². The van der Waals surface area contributed by atoms with Crippen molar-refractivity contribution in [2.45, 2.75) is 85.7 Å². The number of rotatable bonds is 8. The number of hydrogen-bond acceptors (Lipinski definition) is 3. The van der Waals surface area contributed by atoms with Gasteiger partial charge in [0, 0.05) is 28.6 Å². The predicted octanol–water partition coefficient (Wildman–Crippen LogP) is 6.30. The minimum absolute atomic E-state index is 0.0403. The van der Waals surface area contributed by atoms with E-state index in [4.69, 9.17) is 11.6 Å². The Bertz CT molecular complexity index is 1150. The first-order valence-electron chi connectivity index (χ1n) is 13.5. The van der Waals surface area contributed by atoms with Gasteiger partial charge in [0.1, 0.15) is 5.82 Å². The summed E-state index contributed by atoms with van der Waals surface area (Å²) in [5, 5.41) is 3.44. The third-order valence-electron chi connectivity index (χ3n) is 8.32. The lowest BCUT2D eigenvalue weighted by molar-refractivity contribution is -0.126. The summed E-state index contributed by atoms with van der Waals surface area (Å²) in [5.74, 6) is -0.751. The largest absolute Gasteiger partial charge is 0.351 e. The van der Waals surface area contributed by atoms with Crippen LogP contribution in [0.4, 0.5) is 4.39 Å². The molecule has 1 fully saturated rings. The number of unbranched alkanes of at least 4 members (excludes halogenated alkanes) is 1. The van der Waals surface area contributed by atoms with Gasteiger partial charge in [0.25, 0.3) is 5.56 Å². The van der Waals surface area contributed by atoms with E-state index in [9.17, 15) is 14.0 Å². The van der Waals surface area contributed by atoms with E-state index in [2.05, 4.69) is 56.1 Å². The van der Waals surface area contributed by atoms with Crippen LogP contribution in [0.15, 0.2) is 39.2 Å². The summed E-state index contributed by atoms with van der Waals surface area (Å²) in [5.41, 5.74) is 2.25. The molecule has 5 nitrogen and oxygen atoms in total. The van der Waals surface area contributed by atoms with Crippen LogP contribution in [0, 0.1) is 36.9 Å².